The number of carbonyl (C=O) groups excluding carboxylic acids is 4. The third-order valence-corrected chi connectivity index (χ3v) is 6.72. The highest BCUT2D eigenvalue weighted by atomic mass is 16.6. The van der Waals surface area contributed by atoms with Gasteiger partial charge >= 0.3 is 12.2 Å². The first-order valence-electron chi connectivity index (χ1n) is 13.9. The van der Waals surface area contributed by atoms with Crippen LogP contribution in [0.4, 0.5) is 9.59 Å². The van der Waals surface area contributed by atoms with Crippen molar-refractivity contribution in [1.82, 2.24) is 20.9 Å². The maximum atomic E-state index is 13.9. The summed E-state index contributed by atoms with van der Waals surface area (Å²) < 4.78 is 16.8. The van der Waals surface area contributed by atoms with Crippen molar-refractivity contribution < 1.29 is 33.4 Å². The van der Waals surface area contributed by atoms with Crippen molar-refractivity contribution in [2.24, 2.45) is 0 Å². The molecule has 11 heteroatoms. The van der Waals surface area contributed by atoms with Gasteiger partial charge in [0.1, 0.15) is 30.6 Å². The van der Waals surface area contributed by atoms with Crippen molar-refractivity contribution in [3.63, 3.8) is 0 Å². The predicted octanol–water partition coefficient (Wildman–Crippen LogP) is 3.38. The summed E-state index contributed by atoms with van der Waals surface area (Å²) in [6, 6.07) is 14.4. The van der Waals surface area contributed by atoms with Gasteiger partial charge in [-0.15, -0.1) is 0 Å². The zero-order chi connectivity index (χ0) is 29.4. The molecule has 41 heavy (non-hydrogen) atoms. The first-order valence-corrected chi connectivity index (χ1v) is 13.9. The van der Waals surface area contributed by atoms with Gasteiger partial charge in [-0.3, -0.25) is 9.59 Å². The first kappa shape index (κ1) is 29.7. The second-order valence-corrected chi connectivity index (χ2v) is 11.2. The van der Waals surface area contributed by atoms with E-state index in [0.717, 1.165) is 5.56 Å². The SMILES string of the molecule is CC(C)(C)OC(=O)N[C@H]1C[C@H]2COc3cccc(c3)C(=O)NCCC[C@H](NC(=O)OCc3ccccc3)C(=O)N2C1. The van der Waals surface area contributed by atoms with Crippen molar-refractivity contribution >= 4 is 24.0 Å². The smallest absolute Gasteiger partial charge is 0.408 e. The van der Waals surface area contributed by atoms with Gasteiger partial charge in [0, 0.05) is 18.7 Å². The Morgan fingerprint density at radius 3 is 2.59 bits per heavy atom. The van der Waals surface area contributed by atoms with Crippen LogP contribution in [0.2, 0.25) is 0 Å². The lowest BCUT2D eigenvalue weighted by atomic mass is 10.1. The van der Waals surface area contributed by atoms with Gasteiger partial charge < -0.3 is 35.1 Å². The molecule has 0 spiro atoms. The minimum Gasteiger partial charge on any atom is -0.491 e. The number of hydrogen-bond acceptors (Lipinski definition) is 7. The molecule has 0 saturated carbocycles. The summed E-state index contributed by atoms with van der Waals surface area (Å²) in [5.74, 6) is -0.0829. The van der Waals surface area contributed by atoms with E-state index in [1.54, 1.807) is 49.9 Å². The number of nitrogens with zero attached hydrogens (tertiary/aromatic N) is 1. The Bertz CT molecular complexity index is 1230. The van der Waals surface area contributed by atoms with Crippen LogP contribution in [0.1, 0.15) is 56.0 Å². The fourth-order valence-corrected chi connectivity index (χ4v) is 4.82. The quantitative estimate of drug-likeness (QED) is 0.516. The number of fused-ring (bicyclic) bond motifs is 3. The van der Waals surface area contributed by atoms with E-state index in [-0.39, 0.29) is 44.0 Å². The molecule has 2 aliphatic heterocycles. The van der Waals surface area contributed by atoms with E-state index in [4.69, 9.17) is 14.2 Å². The molecule has 0 unspecified atom stereocenters. The zero-order valence-corrected chi connectivity index (χ0v) is 23.7. The number of ether oxygens (including phenoxy) is 3. The molecule has 1 saturated heterocycles. The third-order valence-electron chi connectivity index (χ3n) is 6.72. The van der Waals surface area contributed by atoms with Crippen molar-refractivity contribution in [3.8, 4) is 5.75 Å². The summed E-state index contributed by atoms with van der Waals surface area (Å²) >= 11 is 0. The highest BCUT2D eigenvalue weighted by Crippen LogP contribution is 2.23. The lowest BCUT2D eigenvalue weighted by Gasteiger charge is -2.29. The van der Waals surface area contributed by atoms with E-state index in [9.17, 15) is 19.2 Å². The Balaban J connectivity index is 1.51. The Morgan fingerprint density at radius 2 is 1.83 bits per heavy atom. The standard InChI is InChI=1S/C30H38N4O7/c1-30(2,3)41-29(38)32-22-16-23-19-39-24-12-7-11-21(15-24)26(35)31-14-8-13-25(27(36)34(23)17-22)33-28(37)40-18-20-9-5-4-6-10-20/h4-7,9-12,15,22-23,25H,8,13-14,16-19H2,1-3H3,(H,31,35)(H,32,38)(H,33,37)/t22-,23-,25-/m0/s1. The molecule has 3 N–H and O–H groups in total. The molecular weight excluding hydrogens is 528 g/mol. The van der Waals surface area contributed by atoms with E-state index in [2.05, 4.69) is 16.0 Å². The average molecular weight is 567 g/mol. The normalized spacial score (nSPS) is 21.4. The van der Waals surface area contributed by atoms with Crippen LogP contribution in [0.25, 0.3) is 0 Å². The van der Waals surface area contributed by atoms with Crippen LogP contribution >= 0.6 is 0 Å². The van der Waals surface area contributed by atoms with Crippen LogP contribution in [-0.4, -0.2) is 72.3 Å². The van der Waals surface area contributed by atoms with E-state index >= 15 is 0 Å². The van der Waals surface area contributed by atoms with E-state index in [0.29, 0.717) is 30.7 Å². The topological polar surface area (TPSA) is 135 Å². The monoisotopic (exact) mass is 566 g/mol. The van der Waals surface area contributed by atoms with Crippen molar-refractivity contribution in [1.29, 1.82) is 0 Å². The molecule has 1 fully saturated rings. The number of alkyl carbamates (subject to hydrolysis) is 2. The summed E-state index contributed by atoms with van der Waals surface area (Å²) in [6.45, 7) is 6.06. The van der Waals surface area contributed by atoms with Crippen LogP contribution in [0.5, 0.6) is 5.75 Å². The molecule has 220 valence electrons. The van der Waals surface area contributed by atoms with Crippen LogP contribution < -0.4 is 20.7 Å². The fraction of sp³-hybridized carbons (Fsp3) is 0.467. The molecule has 4 amide bonds. The second kappa shape index (κ2) is 13.4. The fourth-order valence-electron chi connectivity index (χ4n) is 4.82. The van der Waals surface area contributed by atoms with Crippen LogP contribution in [0.15, 0.2) is 54.6 Å². The number of benzene rings is 2. The Kier molecular flexibility index (Phi) is 9.69. The highest BCUT2D eigenvalue weighted by Gasteiger charge is 2.40. The molecular formula is C30H38N4O7. The zero-order valence-electron chi connectivity index (χ0n) is 23.7. The maximum absolute atomic E-state index is 13.9. The van der Waals surface area contributed by atoms with Gasteiger partial charge in [0.15, 0.2) is 0 Å². The Morgan fingerprint density at radius 1 is 1.05 bits per heavy atom. The number of nitrogens with one attached hydrogen (secondary N) is 3. The van der Waals surface area contributed by atoms with Gasteiger partial charge in [0.2, 0.25) is 5.91 Å². The minimum atomic E-state index is -0.904. The maximum Gasteiger partial charge on any atom is 0.408 e. The molecule has 4 rings (SSSR count). The Labute approximate surface area is 239 Å². The van der Waals surface area contributed by atoms with Gasteiger partial charge in [-0.05, 0) is 63.8 Å². The minimum absolute atomic E-state index is 0.0590. The Hall–Kier alpha value is -4.28. The summed E-state index contributed by atoms with van der Waals surface area (Å²) in [5.41, 5.74) is 0.611. The third kappa shape index (κ3) is 8.86. The number of hydrogen-bond donors (Lipinski definition) is 3. The molecule has 11 nitrogen and oxygen atoms in total. The van der Waals surface area contributed by atoms with Gasteiger partial charge in [0.05, 0.1) is 12.1 Å². The van der Waals surface area contributed by atoms with Crippen molar-refractivity contribution in [2.45, 2.75) is 70.4 Å². The van der Waals surface area contributed by atoms with E-state index in [1.165, 1.54) is 0 Å². The first-order chi connectivity index (χ1) is 19.6. The largest absolute Gasteiger partial charge is 0.491 e. The van der Waals surface area contributed by atoms with E-state index < -0.39 is 29.9 Å². The van der Waals surface area contributed by atoms with Crippen LogP contribution in [-0.2, 0) is 20.9 Å². The average Bonchev–Trinajstić information content (AvgIpc) is 3.33. The molecule has 2 heterocycles. The van der Waals surface area contributed by atoms with Gasteiger partial charge in [-0.2, -0.15) is 0 Å². The lowest BCUT2D eigenvalue weighted by molar-refractivity contribution is -0.135. The van der Waals surface area contributed by atoms with E-state index in [1.807, 2.05) is 30.3 Å². The lowest BCUT2D eigenvalue weighted by Crippen LogP contribution is -2.52. The molecule has 2 bridgehead atoms. The van der Waals surface area contributed by atoms with Gasteiger partial charge in [0.25, 0.3) is 5.91 Å². The van der Waals surface area contributed by atoms with Gasteiger partial charge in [-0.1, -0.05) is 36.4 Å². The van der Waals surface area contributed by atoms with Crippen LogP contribution in [0.3, 0.4) is 0 Å². The highest BCUT2D eigenvalue weighted by molar-refractivity contribution is 5.94. The van der Waals surface area contributed by atoms with Crippen molar-refractivity contribution in [2.75, 3.05) is 19.7 Å². The summed E-state index contributed by atoms with van der Waals surface area (Å²) in [6.07, 6.45) is -0.152. The predicted molar refractivity (Wildman–Crippen MR) is 150 cm³/mol. The molecule has 2 aliphatic rings. The number of carbonyl (C=O) groups is 4. The summed E-state index contributed by atoms with van der Waals surface area (Å²) in [4.78, 5) is 53.4. The molecule has 3 atom stereocenters. The van der Waals surface area contributed by atoms with Gasteiger partial charge in [-0.25, -0.2) is 9.59 Å². The second-order valence-electron chi connectivity index (χ2n) is 11.2. The van der Waals surface area contributed by atoms with Crippen molar-refractivity contribution in [3.05, 3.63) is 65.7 Å². The summed E-state index contributed by atoms with van der Waals surface area (Å²) in [5, 5.41) is 8.42. The molecule has 2 aromatic rings. The summed E-state index contributed by atoms with van der Waals surface area (Å²) in [7, 11) is 0. The molecule has 2 aromatic carbocycles. The number of rotatable bonds is 4. The molecule has 0 aromatic heterocycles. The number of amides is 4. The van der Waals surface area contributed by atoms with Crippen LogP contribution in [0, 0.1) is 0 Å². The molecule has 0 radical (unpaired) electrons. The molecule has 0 aliphatic carbocycles.